The van der Waals surface area contributed by atoms with E-state index in [4.69, 9.17) is 9.15 Å². The van der Waals surface area contributed by atoms with E-state index in [1.807, 2.05) is 48.5 Å². The molecule has 0 radical (unpaired) electrons. The Bertz CT molecular complexity index is 1500. The molecule has 0 aliphatic heterocycles. The second-order valence-electron chi connectivity index (χ2n) is 9.70. The Balaban J connectivity index is 1.42. The summed E-state index contributed by atoms with van der Waals surface area (Å²) in [6.07, 6.45) is 7.54. The van der Waals surface area contributed by atoms with Crippen LogP contribution < -0.4 is 10.6 Å². The molecule has 0 fully saturated rings. The van der Waals surface area contributed by atoms with E-state index >= 15 is 0 Å². The zero-order valence-corrected chi connectivity index (χ0v) is 24.4. The molecular formula is C32H32N2O5S2. The Morgan fingerprint density at radius 1 is 0.951 bits per heavy atom. The van der Waals surface area contributed by atoms with Gasteiger partial charge in [0.1, 0.15) is 10.3 Å². The third kappa shape index (κ3) is 7.10. The van der Waals surface area contributed by atoms with Crippen molar-refractivity contribution in [3.05, 3.63) is 100 Å². The first-order chi connectivity index (χ1) is 20.0. The molecule has 9 heteroatoms. The maximum absolute atomic E-state index is 14.0. The number of fused-ring (bicyclic) bond motifs is 1. The standard InChI is InChI=1S/C32H32N2O5S2/c1-2-38-32(37)27-24-16-8-3-4-9-18-26(24)41-31(27)34-30(36)28(21-12-6-5-7-13-21)40-23-15-10-14-22(20-23)33-29(35)25-17-11-19-39-25/h5-7,10-15,17,19-20,28H,2-4,8-9,16,18H2,1H3,(H,33,35)(H,34,36). The molecule has 1 atom stereocenters. The van der Waals surface area contributed by atoms with Gasteiger partial charge in [0.2, 0.25) is 5.91 Å². The fourth-order valence-electron chi connectivity index (χ4n) is 4.89. The van der Waals surface area contributed by atoms with Crippen LogP contribution in [0.25, 0.3) is 0 Å². The maximum atomic E-state index is 14.0. The van der Waals surface area contributed by atoms with E-state index in [0.29, 0.717) is 16.3 Å². The number of nitrogens with one attached hydrogen (secondary N) is 2. The number of esters is 1. The Hall–Kier alpha value is -3.82. The summed E-state index contributed by atoms with van der Waals surface area (Å²) in [7, 11) is 0. The predicted molar refractivity (Wildman–Crippen MR) is 163 cm³/mol. The van der Waals surface area contributed by atoms with Gasteiger partial charge in [-0.05, 0) is 74.1 Å². The van der Waals surface area contributed by atoms with E-state index in [-0.39, 0.29) is 30.2 Å². The summed E-state index contributed by atoms with van der Waals surface area (Å²) >= 11 is 2.87. The minimum Gasteiger partial charge on any atom is -0.462 e. The number of aryl methyl sites for hydroxylation is 1. The summed E-state index contributed by atoms with van der Waals surface area (Å²) in [6.45, 7) is 2.06. The number of hydrogen-bond donors (Lipinski definition) is 2. The molecule has 5 rings (SSSR count). The zero-order valence-electron chi connectivity index (χ0n) is 22.8. The molecule has 1 unspecified atom stereocenters. The van der Waals surface area contributed by atoms with Crippen molar-refractivity contribution in [3.8, 4) is 0 Å². The molecule has 0 saturated carbocycles. The van der Waals surface area contributed by atoms with Crippen molar-refractivity contribution >= 4 is 51.6 Å². The van der Waals surface area contributed by atoms with Gasteiger partial charge in [0.15, 0.2) is 5.76 Å². The molecule has 2 amide bonds. The quantitative estimate of drug-likeness (QED) is 0.152. The van der Waals surface area contributed by atoms with Gasteiger partial charge in [-0.1, -0.05) is 49.2 Å². The molecule has 2 N–H and O–H groups in total. The van der Waals surface area contributed by atoms with Gasteiger partial charge in [0.25, 0.3) is 5.91 Å². The van der Waals surface area contributed by atoms with Crippen LogP contribution in [-0.4, -0.2) is 24.4 Å². The molecule has 1 aliphatic carbocycles. The van der Waals surface area contributed by atoms with E-state index < -0.39 is 5.25 Å². The van der Waals surface area contributed by atoms with Crippen molar-refractivity contribution in [1.82, 2.24) is 0 Å². The van der Waals surface area contributed by atoms with E-state index in [1.54, 1.807) is 25.1 Å². The van der Waals surface area contributed by atoms with Crippen molar-refractivity contribution < 1.29 is 23.5 Å². The van der Waals surface area contributed by atoms with Gasteiger partial charge in [-0.2, -0.15) is 0 Å². The van der Waals surface area contributed by atoms with Crippen LogP contribution in [0.4, 0.5) is 10.7 Å². The van der Waals surface area contributed by atoms with Gasteiger partial charge in [0, 0.05) is 15.5 Å². The highest BCUT2D eigenvalue weighted by atomic mass is 32.2. The Kier molecular flexibility index (Phi) is 9.59. The van der Waals surface area contributed by atoms with Gasteiger partial charge in [0.05, 0.1) is 18.4 Å². The second kappa shape index (κ2) is 13.7. The molecule has 7 nitrogen and oxygen atoms in total. The van der Waals surface area contributed by atoms with E-state index in [1.165, 1.54) is 35.8 Å². The lowest BCUT2D eigenvalue weighted by molar-refractivity contribution is -0.115. The van der Waals surface area contributed by atoms with Crippen LogP contribution in [0, 0.1) is 0 Å². The van der Waals surface area contributed by atoms with Gasteiger partial charge in [-0.25, -0.2) is 4.79 Å². The van der Waals surface area contributed by atoms with Gasteiger partial charge < -0.3 is 19.8 Å². The van der Waals surface area contributed by atoms with Crippen molar-refractivity contribution in [2.24, 2.45) is 0 Å². The average molecular weight is 589 g/mol. The van der Waals surface area contributed by atoms with Crippen molar-refractivity contribution in [1.29, 1.82) is 0 Å². The molecule has 0 spiro atoms. The summed E-state index contributed by atoms with van der Waals surface area (Å²) in [4.78, 5) is 41.5. The first-order valence-corrected chi connectivity index (χ1v) is 15.5. The van der Waals surface area contributed by atoms with Gasteiger partial charge in [-0.3, -0.25) is 9.59 Å². The van der Waals surface area contributed by atoms with Crippen LogP contribution >= 0.6 is 23.1 Å². The number of anilines is 2. The van der Waals surface area contributed by atoms with Gasteiger partial charge >= 0.3 is 5.97 Å². The molecule has 2 heterocycles. The highest BCUT2D eigenvalue weighted by Gasteiger charge is 2.29. The van der Waals surface area contributed by atoms with Crippen LogP contribution in [0.1, 0.15) is 74.8 Å². The van der Waals surface area contributed by atoms with E-state index in [2.05, 4.69) is 10.6 Å². The third-order valence-electron chi connectivity index (χ3n) is 6.82. The van der Waals surface area contributed by atoms with Crippen molar-refractivity contribution in [2.45, 2.75) is 55.6 Å². The lowest BCUT2D eigenvalue weighted by atomic mass is 9.96. The number of benzene rings is 2. The van der Waals surface area contributed by atoms with Gasteiger partial charge in [-0.15, -0.1) is 23.1 Å². The fourth-order valence-corrected chi connectivity index (χ4v) is 7.25. The normalized spacial score (nSPS) is 13.8. The molecule has 1 aliphatic rings. The number of furan rings is 1. The molecule has 4 aromatic rings. The number of carbonyl (C=O) groups is 3. The van der Waals surface area contributed by atoms with Crippen LogP contribution in [-0.2, 0) is 22.4 Å². The van der Waals surface area contributed by atoms with Crippen LogP contribution in [0.2, 0.25) is 0 Å². The number of amides is 2. The lowest BCUT2D eigenvalue weighted by Gasteiger charge is -2.18. The summed E-state index contributed by atoms with van der Waals surface area (Å²) in [6, 6.07) is 20.1. The smallest absolute Gasteiger partial charge is 0.341 e. The number of thiophene rings is 1. The maximum Gasteiger partial charge on any atom is 0.341 e. The zero-order chi connectivity index (χ0) is 28.6. The molecule has 2 aromatic carbocycles. The predicted octanol–water partition coefficient (Wildman–Crippen LogP) is 7.90. The molecule has 212 valence electrons. The number of ether oxygens (including phenoxy) is 1. The molecule has 0 bridgehead atoms. The first kappa shape index (κ1) is 28.7. The summed E-state index contributed by atoms with van der Waals surface area (Å²) in [5, 5.41) is 5.90. The second-order valence-corrected chi connectivity index (χ2v) is 12.0. The average Bonchev–Trinajstić information content (AvgIpc) is 3.61. The largest absolute Gasteiger partial charge is 0.462 e. The third-order valence-corrected chi connectivity index (χ3v) is 9.27. The van der Waals surface area contributed by atoms with Crippen molar-refractivity contribution in [3.63, 3.8) is 0 Å². The van der Waals surface area contributed by atoms with Crippen LogP contribution in [0.15, 0.2) is 82.3 Å². The Morgan fingerprint density at radius 3 is 2.51 bits per heavy atom. The Morgan fingerprint density at radius 2 is 1.76 bits per heavy atom. The first-order valence-electron chi connectivity index (χ1n) is 13.8. The van der Waals surface area contributed by atoms with Crippen LogP contribution in [0.3, 0.4) is 0 Å². The molecule has 0 saturated heterocycles. The topological polar surface area (TPSA) is 97.6 Å². The minimum absolute atomic E-state index is 0.215. The monoisotopic (exact) mass is 588 g/mol. The molecule has 41 heavy (non-hydrogen) atoms. The number of hydrogen-bond acceptors (Lipinski definition) is 7. The highest BCUT2D eigenvalue weighted by Crippen LogP contribution is 2.41. The summed E-state index contributed by atoms with van der Waals surface area (Å²) in [5.74, 6) is -0.753. The number of carbonyl (C=O) groups excluding carboxylic acids is 3. The Labute approximate surface area is 247 Å². The molecular weight excluding hydrogens is 556 g/mol. The minimum atomic E-state index is -0.605. The van der Waals surface area contributed by atoms with Crippen molar-refractivity contribution in [2.75, 3.05) is 17.2 Å². The fraction of sp³-hybridized carbons (Fsp3) is 0.281. The molecule has 2 aromatic heterocycles. The van der Waals surface area contributed by atoms with Crippen LogP contribution in [0.5, 0.6) is 0 Å². The lowest BCUT2D eigenvalue weighted by Crippen LogP contribution is -2.20. The van der Waals surface area contributed by atoms with E-state index in [0.717, 1.165) is 53.0 Å². The summed E-state index contributed by atoms with van der Waals surface area (Å²) < 4.78 is 10.6. The number of rotatable bonds is 9. The highest BCUT2D eigenvalue weighted by molar-refractivity contribution is 8.00. The SMILES string of the molecule is CCOC(=O)c1c(NC(=O)C(Sc2cccc(NC(=O)c3ccco3)c2)c2ccccc2)sc2c1CCCCCC2. The number of thioether (sulfide) groups is 1. The summed E-state index contributed by atoms with van der Waals surface area (Å²) in [5.41, 5.74) is 2.94. The van der Waals surface area contributed by atoms with E-state index in [9.17, 15) is 14.4 Å².